The second-order valence-electron chi connectivity index (χ2n) is 9.54. The van der Waals surface area contributed by atoms with E-state index >= 15 is 0 Å². The number of para-hydroxylation sites is 1. The standard InChI is InChI=1S/C31H34N4O4S/c1-2-3-4-8-19-35-27-18-17-25(40-20-9-10-22-13-15-23(16-14-22)30(37)38)21-26(27)28(29(35)36)33-34-31(39)32-24-11-6-5-7-12-24/h5-7,11-18,21H,2-4,8-10,19-20H2,1H3,(H,37,38)(H2,32,34,39). The molecule has 3 N–H and O–H groups in total. The van der Waals surface area contributed by atoms with E-state index in [4.69, 9.17) is 5.11 Å². The van der Waals surface area contributed by atoms with Crippen LogP contribution in [0.25, 0.3) is 0 Å². The van der Waals surface area contributed by atoms with Crippen LogP contribution in [-0.2, 0) is 11.2 Å². The largest absolute Gasteiger partial charge is 0.478 e. The molecule has 0 aromatic heterocycles. The number of hydrazone groups is 1. The third kappa shape index (κ3) is 7.72. The number of carboxylic acid groups (broad SMARTS) is 1. The number of nitrogens with zero attached hydrogens (tertiary/aromatic N) is 2. The Bertz CT molecular complexity index is 1360. The highest BCUT2D eigenvalue weighted by molar-refractivity contribution is 7.99. The zero-order valence-electron chi connectivity index (χ0n) is 22.6. The molecule has 1 aliphatic heterocycles. The summed E-state index contributed by atoms with van der Waals surface area (Å²) >= 11 is 1.69. The fourth-order valence-corrected chi connectivity index (χ4v) is 5.37. The van der Waals surface area contributed by atoms with Crippen molar-refractivity contribution >= 4 is 46.8 Å². The predicted octanol–water partition coefficient (Wildman–Crippen LogP) is 6.56. The summed E-state index contributed by atoms with van der Waals surface area (Å²) in [5.41, 5.74) is 6.27. The number of nitrogens with one attached hydrogen (secondary N) is 2. The van der Waals surface area contributed by atoms with Crippen molar-refractivity contribution in [2.75, 3.05) is 22.5 Å². The van der Waals surface area contributed by atoms with Gasteiger partial charge in [0.15, 0.2) is 5.71 Å². The van der Waals surface area contributed by atoms with Crippen LogP contribution in [0.4, 0.5) is 16.2 Å². The van der Waals surface area contributed by atoms with E-state index in [9.17, 15) is 14.4 Å². The molecule has 1 heterocycles. The number of amides is 3. The third-order valence-corrected chi connectivity index (χ3v) is 7.66. The monoisotopic (exact) mass is 558 g/mol. The van der Waals surface area contributed by atoms with Gasteiger partial charge in [-0.25, -0.2) is 15.0 Å². The average Bonchev–Trinajstić information content (AvgIpc) is 3.22. The maximum atomic E-state index is 13.4. The number of unbranched alkanes of at least 4 members (excludes halogenated alkanes) is 3. The van der Waals surface area contributed by atoms with Gasteiger partial charge in [0, 0.05) is 22.7 Å². The molecule has 208 valence electrons. The summed E-state index contributed by atoms with van der Waals surface area (Å²) in [6, 6.07) is 21.5. The van der Waals surface area contributed by atoms with Crippen LogP contribution in [0.2, 0.25) is 0 Å². The molecule has 3 amide bonds. The molecule has 0 saturated heterocycles. The molecule has 0 aliphatic carbocycles. The number of aryl methyl sites for hydroxylation is 1. The lowest BCUT2D eigenvalue weighted by molar-refractivity contribution is -0.112. The second kappa shape index (κ2) is 14.3. The fraction of sp³-hybridized carbons (Fsp3) is 0.290. The first-order valence-electron chi connectivity index (χ1n) is 13.6. The number of carboxylic acids is 1. The highest BCUT2D eigenvalue weighted by atomic mass is 32.2. The van der Waals surface area contributed by atoms with Crippen molar-refractivity contribution in [1.29, 1.82) is 0 Å². The molecule has 40 heavy (non-hydrogen) atoms. The summed E-state index contributed by atoms with van der Waals surface area (Å²) in [6.07, 6.45) is 5.95. The van der Waals surface area contributed by atoms with E-state index in [0.29, 0.717) is 12.2 Å². The lowest BCUT2D eigenvalue weighted by Crippen LogP contribution is -2.33. The van der Waals surface area contributed by atoms with Gasteiger partial charge in [-0.3, -0.25) is 4.79 Å². The van der Waals surface area contributed by atoms with Crippen molar-refractivity contribution in [3.63, 3.8) is 0 Å². The molecule has 0 atom stereocenters. The second-order valence-corrected chi connectivity index (χ2v) is 10.7. The van der Waals surface area contributed by atoms with Gasteiger partial charge in [-0.05, 0) is 73.0 Å². The highest BCUT2D eigenvalue weighted by Gasteiger charge is 2.34. The zero-order valence-corrected chi connectivity index (χ0v) is 23.4. The molecule has 8 nitrogen and oxygen atoms in total. The van der Waals surface area contributed by atoms with Crippen molar-refractivity contribution in [2.45, 2.75) is 50.3 Å². The first-order valence-corrected chi connectivity index (χ1v) is 14.6. The smallest absolute Gasteiger partial charge is 0.339 e. The van der Waals surface area contributed by atoms with E-state index in [1.807, 2.05) is 48.5 Å². The Morgan fingerprint density at radius 3 is 2.45 bits per heavy atom. The van der Waals surface area contributed by atoms with Crippen LogP contribution in [0.15, 0.2) is 82.8 Å². The van der Waals surface area contributed by atoms with Crippen LogP contribution in [0, 0.1) is 0 Å². The Kier molecular flexibility index (Phi) is 10.3. The van der Waals surface area contributed by atoms with Crippen molar-refractivity contribution in [3.05, 3.63) is 89.5 Å². The molecule has 1 aliphatic rings. The van der Waals surface area contributed by atoms with Crippen LogP contribution < -0.4 is 15.6 Å². The number of urea groups is 1. The fourth-order valence-electron chi connectivity index (χ4n) is 4.48. The molecule has 3 aromatic carbocycles. The Labute approximate surface area is 238 Å². The number of carbonyl (C=O) groups is 3. The maximum Gasteiger partial charge on any atom is 0.339 e. The van der Waals surface area contributed by atoms with Gasteiger partial charge in [0.1, 0.15) is 0 Å². The van der Waals surface area contributed by atoms with E-state index in [1.54, 1.807) is 40.9 Å². The minimum Gasteiger partial charge on any atom is -0.478 e. The van der Waals surface area contributed by atoms with E-state index < -0.39 is 12.0 Å². The number of fused-ring (bicyclic) bond motifs is 1. The summed E-state index contributed by atoms with van der Waals surface area (Å²) < 4.78 is 0. The topological polar surface area (TPSA) is 111 Å². The van der Waals surface area contributed by atoms with E-state index in [2.05, 4.69) is 22.8 Å². The number of aromatic carboxylic acids is 1. The lowest BCUT2D eigenvalue weighted by atomic mass is 10.1. The van der Waals surface area contributed by atoms with Gasteiger partial charge < -0.3 is 15.3 Å². The molecule has 0 unspecified atom stereocenters. The van der Waals surface area contributed by atoms with Crippen molar-refractivity contribution < 1.29 is 19.5 Å². The van der Waals surface area contributed by atoms with Gasteiger partial charge in [0.25, 0.3) is 5.91 Å². The van der Waals surface area contributed by atoms with Crippen LogP contribution in [-0.4, -0.2) is 41.0 Å². The first-order chi connectivity index (χ1) is 19.5. The molecule has 0 saturated carbocycles. The number of anilines is 2. The van der Waals surface area contributed by atoms with Gasteiger partial charge >= 0.3 is 12.0 Å². The Morgan fingerprint density at radius 2 is 1.73 bits per heavy atom. The summed E-state index contributed by atoms with van der Waals surface area (Å²) in [7, 11) is 0. The molecule has 3 aromatic rings. The molecule has 0 fully saturated rings. The SMILES string of the molecule is CCCCCCN1C(=O)C(=NNC(=O)Nc2ccccc2)c2cc(SCCCc3ccc(C(=O)O)cc3)ccc21. The maximum absolute atomic E-state index is 13.4. The zero-order chi connectivity index (χ0) is 28.3. The lowest BCUT2D eigenvalue weighted by Gasteiger charge is -2.16. The predicted molar refractivity (Wildman–Crippen MR) is 161 cm³/mol. The number of hydrogen-bond donors (Lipinski definition) is 3. The number of hydrogen-bond acceptors (Lipinski definition) is 5. The molecular weight excluding hydrogens is 524 g/mol. The van der Waals surface area contributed by atoms with Crippen LogP contribution >= 0.6 is 11.8 Å². The van der Waals surface area contributed by atoms with Gasteiger partial charge in [-0.2, -0.15) is 5.10 Å². The number of benzene rings is 3. The van der Waals surface area contributed by atoms with Gasteiger partial charge in [0.05, 0.1) is 11.3 Å². The number of rotatable bonds is 13. The Hall–Kier alpha value is -4.11. The normalized spacial score (nSPS) is 13.4. The van der Waals surface area contributed by atoms with E-state index in [1.165, 1.54) is 0 Å². The third-order valence-electron chi connectivity index (χ3n) is 6.58. The quantitative estimate of drug-likeness (QED) is 0.125. The average molecular weight is 559 g/mol. The number of thioether (sulfide) groups is 1. The first kappa shape index (κ1) is 28.9. The van der Waals surface area contributed by atoms with Crippen LogP contribution in [0.5, 0.6) is 0 Å². The summed E-state index contributed by atoms with van der Waals surface area (Å²) in [6.45, 7) is 2.76. The Balaban J connectivity index is 1.42. The van der Waals surface area contributed by atoms with E-state index in [-0.39, 0.29) is 17.2 Å². The van der Waals surface area contributed by atoms with Crippen molar-refractivity contribution in [3.8, 4) is 0 Å². The molecule has 0 bridgehead atoms. The summed E-state index contributed by atoms with van der Waals surface area (Å²) in [4.78, 5) is 39.6. The minimum absolute atomic E-state index is 0.210. The number of carbonyl (C=O) groups excluding carboxylic acids is 2. The van der Waals surface area contributed by atoms with Crippen molar-refractivity contribution in [2.24, 2.45) is 5.10 Å². The molecule has 9 heteroatoms. The summed E-state index contributed by atoms with van der Waals surface area (Å²) in [5, 5.41) is 16.0. The van der Waals surface area contributed by atoms with Crippen molar-refractivity contribution in [1.82, 2.24) is 5.43 Å². The highest BCUT2D eigenvalue weighted by Crippen LogP contribution is 2.34. The molecule has 0 spiro atoms. The van der Waals surface area contributed by atoms with Crippen LogP contribution in [0.3, 0.4) is 0 Å². The van der Waals surface area contributed by atoms with Gasteiger partial charge in [0.2, 0.25) is 0 Å². The minimum atomic E-state index is -0.924. The van der Waals surface area contributed by atoms with Crippen LogP contribution in [0.1, 0.15) is 60.5 Å². The van der Waals surface area contributed by atoms with Gasteiger partial charge in [-0.15, -0.1) is 11.8 Å². The summed E-state index contributed by atoms with van der Waals surface area (Å²) in [5.74, 6) is -0.275. The molecular formula is C31H34N4O4S. The van der Waals surface area contributed by atoms with E-state index in [0.717, 1.165) is 66.0 Å². The van der Waals surface area contributed by atoms with Gasteiger partial charge in [-0.1, -0.05) is 56.5 Å². The molecule has 4 rings (SSSR count). The molecule has 0 radical (unpaired) electrons. The Morgan fingerprint density at radius 1 is 0.950 bits per heavy atom.